The Morgan fingerprint density at radius 2 is 1.83 bits per heavy atom. The lowest BCUT2D eigenvalue weighted by atomic mass is 10.0. The van der Waals surface area contributed by atoms with Crippen molar-refractivity contribution >= 4 is 44.2 Å². The standard InChI is InChI=1S/C23H19N5OS/c1-13-21-17(23(29)25-16-9-10-18-20(11-16)30-14(2)24-18)12-19(15-7-5-4-6-8-15)26-22(21)28(3)27-13/h4-12H,1-3H3,(H,25,29). The van der Waals surface area contributed by atoms with Crippen LogP contribution < -0.4 is 5.32 Å². The average Bonchev–Trinajstić information content (AvgIpc) is 3.25. The molecule has 0 aliphatic rings. The maximum atomic E-state index is 13.3. The van der Waals surface area contributed by atoms with Gasteiger partial charge in [-0.2, -0.15) is 5.10 Å². The van der Waals surface area contributed by atoms with E-state index in [4.69, 9.17) is 4.98 Å². The Bertz CT molecular complexity index is 1420. The van der Waals surface area contributed by atoms with Gasteiger partial charge in [0.2, 0.25) is 0 Å². The summed E-state index contributed by atoms with van der Waals surface area (Å²) in [5.74, 6) is -0.184. The summed E-state index contributed by atoms with van der Waals surface area (Å²) < 4.78 is 2.77. The number of carbonyl (C=O) groups excluding carboxylic acids is 1. The van der Waals surface area contributed by atoms with Gasteiger partial charge in [-0.3, -0.25) is 9.48 Å². The Labute approximate surface area is 177 Å². The molecule has 148 valence electrons. The van der Waals surface area contributed by atoms with Crippen LogP contribution in [0.25, 0.3) is 32.5 Å². The number of nitrogens with zero attached hydrogens (tertiary/aromatic N) is 4. The maximum absolute atomic E-state index is 13.3. The van der Waals surface area contributed by atoms with Gasteiger partial charge in [0.1, 0.15) is 0 Å². The van der Waals surface area contributed by atoms with Crippen molar-refractivity contribution in [3.05, 3.63) is 70.9 Å². The largest absolute Gasteiger partial charge is 0.322 e. The monoisotopic (exact) mass is 413 g/mol. The highest BCUT2D eigenvalue weighted by Crippen LogP contribution is 2.29. The fourth-order valence-corrected chi connectivity index (χ4v) is 4.56. The van der Waals surface area contributed by atoms with Gasteiger partial charge in [-0.05, 0) is 38.1 Å². The number of benzene rings is 2. The van der Waals surface area contributed by atoms with E-state index in [1.165, 1.54) is 0 Å². The van der Waals surface area contributed by atoms with Gasteiger partial charge in [-0.25, -0.2) is 9.97 Å². The number of pyridine rings is 1. The Hall–Kier alpha value is -3.58. The molecule has 0 bridgehead atoms. The summed E-state index contributed by atoms with van der Waals surface area (Å²) in [6.45, 7) is 3.88. The van der Waals surface area contributed by atoms with Crippen LogP contribution in [0.3, 0.4) is 0 Å². The van der Waals surface area contributed by atoms with E-state index in [1.807, 2.05) is 75.5 Å². The molecule has 5 aromatic rings. The minimum Gasteiger partial charge on any atom is -0.322 e. The quantitative estimate of drug-likeness (QED) is 0.446. The number of thiazole rings is 1. The number of rotatable bonds is 3. The molecular formula is C23H19N5OS. The fraction of sp³-hybridized carbons (Fsp3) is 0.130. The highest BCUT2D eigenvalue weighted by atomic mass is 32.1. The third-order valence-corrected chi connectivity index (χ3v) is 5.97. The van der Waals surface area contributed by atoms with E-state index in [2.05, 4.69) is 15.4 Å². The van der Waals surface area contributed by atoms with E-state index < -0.39 is 0 Å². The van der Waals surface area contributed by atoms with E-state index in [0.29, 0.717) is 11.2 Å². The van der Waals surface area contributed by atoms with E-state index in [1.54, 1.807) is 16.0 Å². The second kappa shape index (κ2) is 7.03. The lowest BCUT2D eigenvalue weighted by Gasteiger charge is -2.09. The molecule has 3 heterocycles. The van der Waals surface area contributed by atoms with Crippen LogP contribution in [0.4, 0.5) is 5.69 Å². The van der Waals surface area contributed by atoms with Gasteiger partial charge in [0, 0.05) is 18.3 Å². The molecule has 30 heavy (non-hydrogen) atoms. The second-order valence-electron chi connectivity index (χ2n) is 7.20. The summed E-state index contributed by atoms with van der Waals surface area (Å²) in [4.78, 5) is 22.6. The number of fused-ring (bicyclic) bond motifs is 2. The molecule has 0 aliphatic carbocycles. The number of aryl methyl sites for hydroxylation is 3. The minimum absolute atomic E-state index is 0.184. The van der Waals surface area contributed by atoms with Crippen molar-refractivity contribution in [3.63, 3.8) is 0 Å². The summed E-state index contributed by atoms with van der Waals surface area (Å²) in [5.41, 5.74) is 5.40. The van der Waals surface area contributed by atoms with E-state index in [0.717, 1.165) is 43.2 Å². The zero-order valence-corrected chi connectivity index (χ0v) is 17.6. The molecule has 3 aromatic heterocycles. The summed E-state index contributed by atoms with van der Waals surface area (Å²) >= 11 is 1.61. The number of anilines is 1. The fourth-order valence-electron chi connectivity index (χ4n) is 3.70. The Kier molecular flexibility index (Phi) is 4.33. The SMILES string of the molecule is Cc1nc2ccc(NC(=O)c3cc(-c4ccccc4)nc4c3c(C)nn4C)cc2s1. The molecule has 0 saturated carbocycles. The van der Waals surface area contributed by atoms with Gasteiger partial charge >= 0.3 is 0 Å². The summed E-state index contributed by atoms with van der Waals surface area (Å²) in [7, 11) is 1.85. The maximum Gasteiger partial charge on any atom is 0.256 e. The topological polar surface area (TPSA) is 72.7 Å². The van der Waals surface area contributed by atoms with Crippen LogP contribution in [-0.4, -0.2) is 25.7 Å². The van der Waals surface area contributed by atoms with Crippen molar-refractivity contribution < 1.29 is 4.79 Å². The van der Waals surface area contributed by atoms with Crippen LogP contribution in [0.1, 0.15) is 21.1 Å². The smallest absolute Gasteiger partial charge is 0.256 e. The van der Waals surface area contributed by atoms with Gasteiger partial charge in [0.15, 0.2) is 5.65 Å². The first-order valence-electron chi connectivity index (χ1n) is 9.58. The Balaban J connectivity index is 1.61. The zero-order valence-electron chi connectivity index (χ0n) is 16.8. The van der Waals surface area contributed by atoms with Crippen LogP contribution in [0.2, 0.25) is 0 Å². The molecule has 1 amide bonds. The number of hydrogen-bond donors (Lipinski definition) is 1. The number of hydrogen-bond acceptors (Lipinski definition) is 5. The molecule has 2 aromatic carbocycles. The number of carbonyl (C=O) groups is 1. The van der Waals surface area contributed by atoms with Gasteiger partial charge in [0.25, 0.3) is 5.91 Å². The summed E-state index contributed by atoms with van der Waals surface area (Å²) in [6, 6.07) is 17.5. The lowest BCUT2D eigenvalue weighted by Crippen LogP contribution is -2.13. The van der Waals surface area contributed by atoms with Crippen molar-refractivity contribution in [2.75, 3.05) is 5.32 Å². The number of aromatic nitrogens is 4. The highest BCUT2D eigenvalue weighted by molar-refractivity contribution is 7.18. The molecule has 7 heteroatoms. The predicted octanol–water partition coefficient (Wildman–Crippen LogP) is 5.11. The van der Waals surface area contributed by atoms with Crippen LogP contribution in [0.15, 0.2) is 54.6 Å². The van der Waals surface area contributed by atoms with Gasteiger partial charge in [0.05, 0.1) is 37.6 Å². The molecule has 0 saturated heterocycles. The van der Waals surface area contributed by atoms with Crippen LogP contribution in [0.5, 0.6) is 0 Å². The molecule has 1 N–H and O–H groups in total. The second-order valence-corrected chi connectivity index (χ2v) is 8.43. The van der Waals surface area contributed by atoms with Crippen molar-refractivity contribution in [1.82, 2.24) is 19.7 Å². The first-order valence-corrected chi connectivity index (χ1v) is 10.4. The molecule has 0 aliphatic heterocycles. The Morgan fingerprint density at radius 3 is 2.63 bits per heavy atom. The van der Waals surface area contributed by atoms with Crippen molar-refractivity contribution in [1.29, 1.82) is 0 Å². The molecule has 0 spiro atoms. The summed E-state index contributed by atoms with van der Waals surface area (Å²) in [5, 5.41) is 9.30. The van der Waals surface area contributed by atoms with Crippen molar-refractivity contribution in [3.8, 4) is 11.3 Å². The van der Waals surface area contributed by atoms with Crippen molar-refractivity contribution in [2.45, 2.75) is 13.8 Å². The summed E-state index contributed by atoms with van der Waals surface area (Å²) in [6.07, 6.45) is 0. The molecule has 0 fully saturated rings. The molecule has 5 rings (SSSR count). The molecular weight excluding hydrogens is 394 g/mol. The first-order chi connectivity index (χ1) is 14.5. The van der Waals surface area contributed by atoms with Crippen LogP contribution >= 0.6 is 11.3 Å². The normalized spacial score (nSPS) is 11.3. The Morgan fingerprint density at radius 1 is 1.03 bits per heavy atom. The first kappa shape index (κ1) is 18.4. The van der Waals surface area contributed by atoms with Gasteiger partial charge in [-0.15, -0.1) is 11.3 Å². The lowest BCUT2D eigenvalue weighted by molar-refractivity contribution is 0.102. The van der Waals surface area contributed by atoms with E-state index >= 15 is 0 Å². The van der Waals surface area contributed by atoms with Crippen molar-refractivity contribution in [2.24, 2.45) is 7.05 Å². The van der Waals surface area contributed by atoms with Crippen LogP contribution in [-0.2, 0) is 7.05 Å². The third-order valence-electron chi connectivity index (χ3n) is 5.04. The van der Waals surface area contributed by atoms with Crippen LogP contribution in [0, 0.1) is 13.8 Å². The molecule has 0 radical (unpaired) electrons. The van der Waals surface area contributed by atoms with Gasteiger partial charge in [-0.1, -0.05) is 30.3 Å². The molecule has 0 atom stereocenters. The third kappa shape index (κ3) is 3.13. The number of nitrogens with one attached hydrogen (secondary N) is 1. The van der Waals surface area contributed by atoms with E-state index in [-0.39, 0.29) is 5.91 Å². The predicted molar refractivity (Wildman–Crippen MR) is 121 cm³/mol. The highest BCUT2D eigenvalue weighted by Gasteiger charge is 2.19. The van der Waals surface area contributed by atoms with E-state index in [9.17, 15) is 4.79 Å². The zero-order chi connectivity index (χ0) is 20.8. The molecule has 0 unspecified atom stereocenters. The minimum atomic E-state index is -0.184. The molecule has 6 nitrogen and oxygen atoms in total. The van der Waals surface area contributed by atoms with Gasteiger partial charge < -0.3 is 5.32 Å². The average molecular weight is 414 g/mol. The number of amides is 1.